The van der Waals surface area contributed by atoms with E-state index in [0.717, 1.165) is 29.7 Å². The number of para-hydroxylation sites is 1. The lowest BCUT2D eigenvalue weighted by Gasteiger charge is -2.30. The molecule has 0 aromatic heterocycles. The number of carbonyl (C=O) groups is 2. The van der Waals surface area contributed by atoms with Crippen molar-refractivity contribution in [2.75, 3.05) is 4.90 Å². The molecule has 1 heterocycles. The molecule has 136 valence electrons. The van der Waals surface area contributed by atoms with E-state index in [-0.39, 0.29) is 17.6 Å². The molecule has 0 unspecified atom stereocenters. The van der Waals surface area contributed by atoms with Gasteiger partial charge in [0.1, 0.15) is 11.9 Å². The summed E-state index contributed by atoms with van der Waals surface area (Å²) in [5.41, 5.74) is 2.75. The zero-order chi connectivity index (χ0) is 18.5. The summed E-state index contributed by atoms with van der Waals surface area (Å²) < 4.78 is 13.0. The molecule has 1 atom stereocenters. The number of benzene rings is 2. The molecule has 0 saturated carbocycles. The Bertz CT molecular complexity index is 789. The number of aryl methyl sites for hydroxylation is 1. The van der Waals surface area contributed by atoms with Crippen LogP contribution in [0.25, 0.3) is 0 Å². The zero-order valence-corrected chi connectivity index (χ0v) is 14.9. The predicted octanol–water partition coefficient (Wildman–Crippen LogP) is 3.59. The fourth-order valence-corrected chi connectivity index (χ4v) is 3.38. The second-order valence-corrected chi connectivity index (χ2v) is 6.51. The molecule has 2 aromatic rings. The Labute approximate surface area is 153 Å². The lowest BCUT2D eigenvalue weighted by atomic mass is 10.1. The molecule has 0 aliphatic carbocycles. The van der Waals surface area contributed by atoms with Gasteiger partial charge in [0.15, 0.2) is 0 Å². The molecular formula is C21H23FN2O2. The lowest BCUT2D eigenvalue weighted by Crippen LogP contribution is -2.49. The molecule has 1 aliphatic heterocycles. The predicted molar refractivity (Wildman–Crippen MR) is 99.2 cm³/mol. The van der Waals surface area contributed by atoms with Gasteiger partial charge in [-0.1, -0.05) is 37.3 Å². The summed E-state index contributed by atoms with van der Waals surface area (Å²) in [5, 5.41) is 2.88. The Kier molecular flexibility index (Phi) is 5.66. The first-order chi connectivity index (χ1) is 12.6. The van der Waals surface area contributed by atoms with Crippen molar-refractivity contribution in [2.45, 2.75) is 45.2 Å². The molecule has 1 aliphatic rings. The molecular weight excluding hydrogens is 331 g/mol. The Morgan fingerprint density at radius 2 is 1.88 bits per heavy atom. The number of nitrogens with zero attached hydrogens (tertiary/aromatic N) is 1. The van der Waals surface area contributed by atoms with Crippen molar-refractivity contribution in [1.82, 2.24) is 5.32 Å². The van der Waals surface area contributed by atoms with Gasteiger partial charge in [-0.15, -0.1) is 0 Å². The molecule has 3 rings (SSSR count). The summed E-state index contributed by atoms with van der Waals surface area (Å²) in [7, 11) is 0. The minimum absolute atomic E-state index is 0.0151. The molecule has 0 bridgehead atoms. The van der Waals surface area contributed by atoms with Gasteiger partial charge in [-0.25, -0.2) is 4.39 Å². The number of nitrogens with one attached hydrogen (secondary N) is 1. The van der Waals surface area contributed by atoms with E-state index in [0.29, 0.717) is 19.4 Å². The van der Waals surface area contributed by atoms with Crippen LogP contribution in [0.1, 0.15) is 37.3 Å². The number of hydrogen-bond donors (Lipinski definition) is 1. The molecule has 2 amide bonds. The maximum absolute atomic E-state index is 13.0. The van der Waals surface area contributed by atoms with E-state index in [1.165, 1.54) is 12.1 Å². The van der Waals surface area contributed by atoms with Crippen LogP contribution in [0.2, 0.25) is 0 Å². The highest BCUT2D eigenvalue weighted by Crippen LogP contribution is 2.29. The van der Waals surface area contributed by atoms with Gasteiger partial charge in [0, 0.05) is 18.7 Å². The Morgan fingerprint density at radius 1 is 1.15 bits per heavy atom. The first-order valence-corrected chi connectivity index (χ1v) is 9.02. The number of fused-ring (bicyclic) bond motifs is 1. The van der Waals surface area contributed by atoms with Crippen molar-refractivity contribution < 1.29 is 14.0 Å². The third-order valence-corrected chi connectivity index (χ3v) is 4.74. The quantitative estimate of drug-likeness (QED) is 0.892. The average Bonchev–Trinajstić information content (AvgIpc) is 2.81. The van der Waals surface area contributed by atoms with Crippen molar-refractivity contribution >= 4 is 17.5 Å². The number of carbonyl (C=O) groups excluding carboxylic acids is 2. The minimum atomic E-state index is -0.554. The second-order valence-electron chi connectivity index (χ2n) is 6.51. The molecule has 0 radical (unpaired) electrons. The molecule has 2 aromatic carbocycles. The monoisotopic (exact) mass is 354 g/mol. The molecule has 4 nitrogen and oxygen atoms in total. The number of anilines is 1. The molecule has 5 heteroatoms. The highest BCUT2D eigenvalue weighted by Gasteiger charge is 2.32. The van der Waals surface area contributed by atoms with E-state index in [4.69, 9.17) is 0 Å². The Hall–Kier alpha value is -2.69. The van der Waals surface area contributed by atoms with Crippen LogP contribution in [0.3, 0.4) is 0 Å². The third kappa shape index (κ3) is 3.93. The highest BCUT2D eigenvalue weighted by molar-refractivity contribution is 6.01. The maximum atomic E-state index is 13.0. The lowest BCUT2D eigenvalue weighted by molar-refractivity contribution is -0.126. The van der Waals surface area contributed by atoms with Crippen LogP contribution < -0.4 is 10.2 Å². The summed E-state index contributed by atoms with van der Waals surface area (Å²) in [4.78, 5) is 27.2. The van der Waals surface area contributed by atoms with Gasteiger partial charge in [0.05, 0.1) is 0 Å². The van der Waals surface area contributed by atoms with Gasteiger partial charge in [-0.2, -0.15) is 0 Å². The van der Waals surface area contributed by atoms with Crippen molar-refractivity contribution in [2.24, 2.45) is 0 Å². The SMILES string of the molecule is CC[C@@H](C(=O)NCc1ccc(F)cc1)N1C(=O)CCCc2ccccc21. The van der Waals surface area contributed by atoms with Crippen molar-refractivity contribution in [3.05, 3.63) is 65.5 Å². The van der Waals surface area contributed by atoms with Crippen molar-refractivity contribution in [3.63, 3.8) is 0 Å². The number of hydrogen-bond acceptors (Lipinski definition) is 2. The van der Waals surface area contributed by atoms with E-state index in [1.807, 2.05) is 31.2 Å². The van der Waals surface area contributed by atoms with Gasteiger partial charge < -0.3 is 5.32 Å². The minimum Gasteiger partial charge on any atom is -0.350 e. The normalized spacial score (nSPS) is 15.2. The van der Waals surface area contributed by atoms with Crippen LogP contribution in [-0.2, 0) is 22.6 Å². The first kappa shape index (κ1) is 18.1. The van der Waals surface area contributed by atoms with E-state index >= 15 is 0 Å². The van der Waals surface area contributed by atoms with Crippen LogP contribution in [0.5, 0.6) is 0 Å². The summed E-state index contributed by atoms with van der Waals surface area (Å²) in [6.45, 7) is 2.21. The summed E-state index contributed by atoms with van der Waals surface area (Å²) in [6.07, 6.45) is 2.60. The standard InChI is InChI=1S/C21H23FN2O2/c1-2-18(21(26)23-14-15-10-12-17(22)13-11-15)24-19-8-4-3-6-16(19)7-5-9-20(24)25/h3-4,6,8,10-13,18H,2,5,7,9,14H2,1H3,(H,23,26)/t18-/m0/s1. The smallest absolute Gasteiger partial charge is 0.243 e. The van der Waals surface area contributed by atoms with Crippen molar-refractivity contribution in [3.8, 4) is 0 Å². The number of halogens is 1. The molecule has 26 heavy (non-hydrogen) atoms. The van der Waals surface area contributed by atoms with Crippen LogP contribution >= 0.6 is 0 Å². The fraction of sp³-hybridized carbons (Fsp3) is 0.333. The number of rotatable bonds is 5. The Balaban J connectivity index is 1.79. The largest absolute Gasteiger partial charge is 0.350 e. The topological polar surface area (TPSA) is 49.4 Å². The van der Waals surface area contributed by atoms with Crippen LogP contribution in [0.15, 0.2) is 48.5 Å². The van der Waals surface area contributed by atoms with Gasteiger partial charge in [0.2, 0.25) is 11.8 Å². The zero-order valence-electron chi connectivity index (χ0n) is 14.9. The van der Waals surface area contributed by atoms with Crippen molar-refractivity contribution in [1.29, 1.82) is 0 Å². The van der Waals surface area contributed by atoms with E-state index < -0.39 is 6.04 Å². The molecule has 0 fully saturated rings. The summed E-state index contributed by atoms with van der Waals surface area (Å²) in [5.74, 6) is -0.515. The third-order valence-electron chi connectivity index (χ3n) is 4.74. The second kappa shape index (κ2) is 8.13. The highest BCUT2D eigenvalue weighted by atomic mass is 19.1. The van der Waals surface area contributed by atoms with Gasteiger partial charge in [-0.3, -0.25) is 14.5 Å². The molecule has 0 spiro atoms. The average molecular weight is 354 g/mol. The number of amides is 2. The van der Waals surface area contributed by atoms with E-state index in [2.05, 4.69) is 5.32 Å². The summed E-state index contributed by atoms with van der Waals surface area (Å²) in [6, 6.07) is 13.3. The Morgan fingerprint density at radius 3 is 2.62 bits per heavy atom. The van der Waals surface area contributed by atoms with E-state index in [1.54, 1.807) is 17.0 Å². The van der Waals surface area contributed by atoms with Gasteiger partial charge in [-0.05, 0) is 48.6 Å². The fourth-order valence-electron chi connectivity index (χ4n) is 3.38. The maximum Gasteiger partial charge on any atom is 0.243 e. The van der Waals surface area contributed by atoms with Gasteiger partial charge in [0.25, 0.3) is 0 Å². The van der Waals surface area contributed by atoms with Gasteiger partial charge >= 0.3 is 0 Å². The van der Waals surface area contributed by atoms with Crippen LogP contribution in [0.4, 0.5) is 10.1 Å². The first-order valence-electron chi connectivity index (χ1n) is 9.02. The van der Waals surface area contributed by atoms with Crippen LogP contribution in [0, 0.1) is 5.82 Å². The molecule has 0 saturated heterocycles. The molecule has 1 N–H and O–H groups in total. The summed E-state index contributed by atoms with van der Waals surface area (Å²) >= 11 is 0. The van der Waals surface area contributed by atoms with Crippen LogP contribution in [-0.4, -0.2) is 17.9 Å². The van der Waals surface area contributed by atoms with E-state index in [9.17, 15) is 14.0 Å².